The van der Waals surface area contributed by atoms with Crippen LogP contribution in [-0.4, -0.2) is 35.2 Å². The molecule has 2 rings (SSSR count). The van der Waals surface area contributed by atoms with Crippen LogP contribution < -0.4 is 5.73 Å². The minimum atomic E-state index is -0.167. The highest BCUT2D eigenvalue weighted by Crippen LogP contribution is 2.11. The summed E-state index contributed by atoms with van der Waals surface area (Å²) < 4.78 is 0. The molecule has 1 aliphatic rings. The topological polar surface area (TPSA) is 49.5 Å². The van der Waals surface area contributed by atoms with Gasteiger partial charge < -0.3 is 10.8 Å². The second-order valence-electron chi connectivity index (χ2n) is 4.86. The number of benzene rings is 1. The number of rotatable bonds is 2. The Morgan fingerprint density at radius 2 is 1.94 bits per heavy atom. The molecule has 1 fully saturated rings. The zero-order valence-electron chi connectivity index (χ0n) is 10.8. The van der Waals surface area contributed by atoms with Gasteiger partial charge in [0.25, 0.3) is 0 Å². The Labute approximate surface area is 104 Å². The molecule has 1 atom stereocenters. The smallest absolute Gasteiger partial charge is 0.0483 e. The van der Waals surface area contributed by atoms with Gasteiger partial charge in [0.05, 0.1) is 0 Å². The van der Waals surface area contributed by atoms with Crippen LogP contribution in [0.1, 0.15) is 25.8 Å². The molecule has 0 aromatic heterocycles. The van der Waals surface area contributed by atoms with Crippen molar-refractivity contribution in [2.75, 3.05) is 13.1 Å². The third-order valence-corrected chi connectivity index (χ3v) is 2.56. The third-order valence-electron chi connectivity index (χ3n) is 2.56. The molecule has 1 aromatic rings. The van der Waals surface area contributed by atoms with Gasteiger partial charge in [-0.1, -0.05) is 30.3 Å². The van der Waals surface area contributed by atoms with Crippen molar-refractivity contribution in [3.63, 3.8) is 0 Å². The largest absolute Gasteiger partial charge is 0.394 e. The summed E-state index contributed by atoms with van der Waals surface area (Å²) in [6.07, 6.45) is 0.979. The van der Waals surface area contributed by atoms with Crippen molar-refractivity contribution in [1.82, 2.24) is 4.90 Å². The Hall–Kier alpha value is -0.900. The molecule has 96 valence electrons. The molecule has 0 radical (unpaired) electrons. The number of aliphatic hydroxyl groups is 1. The lowest BCUT2D eigenvalue weighted by molar-refractivity contribution is 0.216. The van der Waals surface area contributed by atoms with Crippen LogP contribution in [0.15, 0.2) is 30.3 Å². The standard InChI is InChI=1S/C11H16N2.C3H8O/c12-11-6-7-13(9-11)8-10-4-2-1-3-5-10;1-3(2)4/h1-5,11H,6-9,12H2;3-4H,1-2H3/t11-;/m0./s1. The fourth-order valence-electron chi connectivity index (χ4n) is 1.85. The van der Waals surface area contributed by atoms with Crippen LogP contribution in [0.2, 0.25) is 0 Å². The van der Waals surface area contributed by atoms with Gasteiger partial charge in [-0.15, -0.1) is 0 Å². The lowest BCUT2D eigenvalue weighted by atomic mass is 10.2. The quantitative estimate of drug-likeness (QED) is 0.820. The molecule has 0 bridgehead atoms. The van der Waals surface area contributed by atoms with Gasteiger partial charge in [0.15, 0.2) is 0 Å². The van der Waals surface area contributed by atoms with Gasteiger partial charge in [-0.3, -0.25) is 4.90 Å². The molecule has 0 saturated carbocycles. The van der Waals surface area contributed by atoms with Crippen molar-refractivity contribution in [3.05, 3.63) is 35.9 Å². The third kappa shape index (κ3) is 6.41. The normalized spacial score (nSPS) is 20.2. The summed E-state index contributed by atoms with van der Waals surface area (Å²) in [4.78, 5) is 2.42. The number of hydrogen-bond donors (Lipinski definition) is 2. The van der Waals surface area contributed by atoms with Gasteiger partial charge >= 0.3 is 0 Å². The second-order valence-corrected chi connectivity index (χ2v) is 4.86. The van der Waals surface area contributed by atoms with Crippen molar-refractivity contribution in [2.45, 2.75) is 39.0 Å². The van der Waals surface area contributed by atoms with E-state index in [1.807, 2.05) is 0 Å². The molecule has 1 aromatic carbocycles. The van der Waals surface area contributed by atoms with E-state index in [0.717, 1.165) is 26.1 Å². The zero-order chi connectivity index (χ0) is 12.7. The average Bonchev–Trinajstić information content (AvgIpc) is 2.65. The molecule has 1 aliphatic heterocycles. The maximum atomic E-state index is 8.06. The SMILES string of the molecule is CC(C)O.N[C@H]1CCN(Cc2ccccc2)C1. The summed E-state index contributed by atoms with van der Waals surface area (Å²) in [7, 11) is 0. The van der Waals surface area contributed by atoms with Gasteiger partial charge in [0.1, 0.15) is 0 Å². The van der Waals surface area contributed by atoms with Crippen LogP contribution in [-0.2, 0) is 6.54 Å². The van der Waals surface area contributed by atoms with Gasteiger partial charge in [0.2, 0.25) is 0 Å². The molecule has 0 amide bonds. The number of hydrogen-bond acceptors (Lipinski definition) is 3. The predicted molar refractivity (Wildman–Crippen MR) is 71.7 cm³/mol. The van der Waals surface area contributed by atoms with E-state index in [-0.39, 0.29) is 6.10 Å². The summed E-state index contributed by atoms with van der Waals surface area (Å²) in [6, 6.07) is 11.0. The fraction of sp³-hybridized carbons (Fsp3) is 0.571. The van der Waals surface area contributed by atoms with E-state index in [2.05, 4.69) is 35.2 Å². The maximum absolute atomic E-state index is 8.06. The van der Waals surface area contributed by atoms with E-state index in [9.17, 15) is 0 Å². The van der Waals surface area contributed by atoms with Gasteiger partial charge in [-0.25, -0.2) is 0 Å². The zero-order valence-corrected chi connectivity index (χ0v) is 10.8. The summed E-state index contributed by atoms with van der Waals surface area (Å²) >= 11 is 0. The Morgan fingerprint density at radius 3 is 2.41 bits per heavy atom. The van der Waals surface area contributed by atoms with Crippen molar-refractivity contribution >= 4 is 0 Å². The van der Waals surface area contributed by atoms with Crippen LogP contribution in [0, 0.1) is 0 Å². The van der Waals surface area contributed by atoms with Crippen molar-refractivity contribution in [2.24, 2.45) is 5.73 Å². The van der Waals surface area contributed by atoms with Gasteiger partial charge in [-0.2, -0.15) is 0 Å². The number of nitrogens with two attached hydrogens (primary N) is 1. The number of likely N-dealkylation sites (tertiary alicyclic amines) is 1. The molecule has 3 nitrogen and oxygen atoms in total. The van der Waals surface area contributed by atoms with Crippen LogP contribution in [0.25, 0.3) is 0 Å². The lowest BCUT2D eigenvalue weighted by Gasteiger charge is -2.14. The molecule has 0 aliphatic carbocycles. The summed E-state index contributed by atoms with van der Waals surface area (Å²) in [5.74, 6) is 0. The van der Waals surface area contributed by atoms with E-state index in [0.29, 0.717) is 6.04 Å². The second kappa shape index (κ2) is 7.43. The molecular formula is C14H24N2O. The fourth-order valence-corrected chi connectivity index (χ4v) is 1.85. The molecule has 1 saturated heterocycles. The Bertz CT molecular complexity index is 298. The predicted octanol–water partition coefficient (Wildman–Crippen LogP) is 1.61. The van der Waals surface area contributed by atoms with Crippen LogP contribution in [0.3, 0.4) is 0 Å². The van der Waals surface area contributed by atoms with Crippen molar-refractivity contribution in [3.8, 4) is 0 Å². The summed E-state index contributed by atoms with van der Waals surface area (Å²) in [5, 5.41) is 8.06. The number of aliphatic hydroxyl groups excluding tert-OH is 1. The Morgan fingerprint density at radius 1 is 1.35 bits per heavy atom. The maximum Gasteiger partial charge on any atom is 0.0483 e. The highest BCUT2D eigenvalue weighted by Gasteiger charge is 2.18. The molecule has 3 N–H and O–H groups in total. The first kappa shape index (κ1) is 14.2. The van der Waals surface area contributed by atoms with Crippen molar-refractivity contribution in [1.29, 1.82) is 0 Å². The molecule has 1 heterocycles. The first-order valence-corrected chi connectivity index (χ1v) is 6.28. The van der Waals surface area contributed by atoms with E-state index < -0.39 is 0 Å². The summed E-state index contributed by atoms with van der Waals surface area (Å²) in [6.45, 7) is 6.69. The molecule has 17 heavy (non-hydrogen) atoms. The van der Waals surface area contributed by atoms with Crippen LogP contribution in [0.4, 0.5) is 0 Å². The highest BCUT2D eigenvalue weighted by atomic mass is 16.3. The first-order valence-electron chi connectivity index (χ1n) is 6.28. The Kier molecular flexibility index (Phi) is 6.19. The van der Waals surface area contributed by atoms with E-state index >= 15 is 0 Å². The first-order chi connectivity index (χ1) is 8.08. The highest BCUT2D eigenvalue weighted by molar-refractivity contribution is 5.14. The van der Waals surface area contributed by atoms with E-state index in [4.69, 9.17) is 10.8 Å². The monoisotopic (exact) mass is 236 g/mol. The van der Waals surface area contributed by atoms with Gasteiger partial charge in [-0.05, 0) is 25.8 Å². The average molecular weight is 236 g/mol. The molecule has 0 unspecified atom stereocenters. The van der Waals surface area contributed by atoms with Crippen LogP contribution in [0.5, 0.6) is 0 Å². The molecule has 0 spiro atoms. The minimum Gasteiger partial charge on any atom is -0.394 e. The van der Waals surface area contributed by atoms with Crippen molar-refractivity contribution < 1.29 is 5.11 Å². The van der Waals surface area contributed by atoms with E-state index in [1.165, 1.54) is 5.56 Å². The van der Waals surface area contributed by atoms with Gasteiger partial charge in [0, 0.05) is 31.8 Å². The lowest BCUT2D eigenvalue weighted by Crippen LogP contribution is -2.26. The summed E-state index contributed by atoms with van der Waals surface area (Å²) in [5.41, 5.74) is 7.22. The molecule has 3 heteroatoms. The minimum absolute atomic E-state index is 0.167. The van der Waals surface area contributed by atoms with E-state index in [1.54, 1.807) is 13.8 Å². The molecular weight excluding hydrogens is 212 g/mol. The Balaban J connectivity index is 0.000000317. The number of nitrogens with zero attached hydrogens (tertiary/aromatic N) is 1. The van der Waals surface area contributed by atoms with Crippen LogP contribution >= 0.6 is 0 Å².